The van der Waals surface area contributed by atoms with Crippen LogP contribution in [0.3, 0.4) is 0 Å². The van der Waals surface area contributed by atoms with E-state index < -0.39 is 0 Å². The Bertz CT molecular complexity index is 329. The van der Waals surface area contributed by atoms with Crippen LogP contribution in [0.25, 0.3) is 0 Å². The molecule has 0 radical (unpaired) electrons. The van der Waals surface area contributed by atoms with Crippen LogP contribution < -0.4 is 0 Å². The van der Waals surface area contributed by atoms with Gasteiger partial charge in [0.05, 0.1) is 6.10 Å². The van der Waals surface area contributed by atoms with Crippen LogP contribution in [-0.4, -0.2) is 28.2 Å². The highest BCUT2D eigenvalue weighted by Gasteiger charge is 2.27. The van der Waals surface area contributed by atoms with E-state index in [0.29, 0.717) is 0 Å². The normalized spacial score (nSPS) is 22.1. The minimum absolute atomic E-state index is 0.242. The Labute approximate surface area is 95.1 Å². The third kappa shape index (κ3) is 2.34. The highest BCUT2D eigenvalue weighted by molar-refractivity contribution is 7.98. The molecule has 82 valence electrons. The van der Waals surface area contributed by atoms with Gasteiger partial charge >= 0.3 is 0 Å². The van der Waals surface area contributed by atoms with Crippen molar-refractivity contribution >= 4 is 11.8 Å². The fraction of sp³-hybridized carbons (Fsp3) is 0.583. The van der Waals surface area contributed by atoms with Gasteiger partial charge in [-0.05, 0) is 37.1 Å². The number of aryl methyl sites for hydroxylation is 1. The molecule has 1 N–H and O–H groups in total. The summed E-state index contributed by atoms with van der Waals surface area (Å²) in [5.74, 6) is 1.06. The predicted octanol–water partition coefficient (Wildman–Crippen LogP) is 2.23. The second kappa shape index (κ2) is 4.99. The molecule has 0 saturated heterocycles. The van der Waals surface area contributed by atoms with Crippen molar-refractivity contribution in [3.63, 3.8) is 0 Å². The summed E-state index contributed by atoms with van der Waals surface area (Å²) in [5, 5.41) is 10.1. The van der Waals surface area contributed by atoms with Gasteiger partial charge in [0, 0.05) is 23.6 Å². The van der Waals surface area contributed by atoms with Crippen LogP contribution in [0.5, 0.6) is 0 Å². The van der Waals surface area contributed by atoms with Crippen LogP contribution in [0.2, 0.25) is 0 Å². The van der Waals surface area contributed by atoms with E-state index in [1.54, 1.807) is 11.8 Å². The molecule has 0 saturated carbocycles. The van der Waals surface area contributed by atoms with Gasteiger partial charge in [-0.3, -0.25) is 4.98 Å². The van der Waals surface area contributed by atoms with Gasteiger partial charge in [0.15, 0.2) is 0 Å². The molecule has 0 spiro atoms. The lowest BCUT2D eigenvalue weighted by Crippen LogP contribution is -2.25. The van der Waals surface area contributed by atoms with Gasteiger partial charge in [-0.1, -0.05) is 6.07 Å². The number of fused-ring (bicyclic) bond motifs is 1. The topological polar surface area (TPSA) is 33.1 Å². The summed E-state index contributed by atoms with van der Waals surface area (Å²) in [6.45, 7) is 0. The summed E-state index contributed by atoms with van der Waals surface area (Å²) in [6, 6.07) is 4.13. The molecule has 2 rings (SSSR count). The first-order chi connectivity index (χ1) is 7.33. The summed E-state index contributed by atoms with van der Waals surface area (Å²) < 4.78 is 0. The molecule has 1 aromatic rings. The minimum atomic E-state index is -0.242. The lowest BCUT2D eigenvalue weighted by molar-refractivity contribution is 0.155. The fourth-order valence-electron chi connectivity index (χ4n) is 2.31. The first-order valence-electron chi connectivity index (χ1n) is 5.43. The smallest absolute Gasteiger partial charge is 0.0714 e. The maximum absolute atomic E-state index is 10.1. The highest BCUT2D eigenvalue weighted by atomic mass is 32.2. The lowest BCUT2D eigenvalue weighted by atomic mass is 9.84. The Morgan fingerprint density at radius 3 is 3.33 bits per heavy atom. The lowest BCUT2D eigenvalue weighted by Gasteiger charge is -2.27. The van der Waals surface area contributed by atoms with Crippen LogP contribution in [0.4, 0.5) is 0 Å². The van der Waals surface area contributed by atoms with Crippen molar-refractivity contribution in [3.8, 4) is 0 Å². The number of nitrogens with zero attached hydrogens (tertiary/aromatic N) is 1. The van der Waals surface area contributed by atoms with E-state index >= 15 is 0 Å². The molecule has 0 fully saturated rings. The van der Waals surface area contributed by atoms with Gasteiger partial charge in [0.2, 0.25) is 0 Å². The average molecular weight is 223 g/mol. The molecule has 1 aliphatic rings. The van der Waals surface area contributed by atoms with Gasteiger partial charge in [0.1, 0.15) is 0 Å². The maximum atomic E-state index is 10.1. The third-order valence-electron chi connectivity index (χ3n) is 3.04. The number of thioether (sulfide) groups is 1. The van der Waals surface area contributed by atoms with E-state index in [1.165, 1.54) is 12.0 Å². The van der Waals surface area contributed by atoms with Gasteiger partial charge in [-0.25, -0.2) is 0 Å². The Morgan fingerprint density at radius 2 is 2.53 bits per heavy atom. The zero-order valence-corrected chi connectivity index (χ0v) is 9.83. The molecule has 2 unspecified atom stereocenters. The molecule has 1 heterocycles. The molecule has 0 bridgehead atoms. The van der Waals surface area contributed by atoms with Crippen LogP contribution in [0, 0.1) is 0 Å². The highest BCUT2D eigenvalue weighted by Crippen LogP contribution is 2.33. The Morgan fingerprint density at radius 1 is 1.67 bits per heavy atom. The summed E-state index contributed by atoms with van der Waals surface area (Å²) in [4.78, 5) is 4.43. The van der Waals surface area contributed by atoms with E-state index in [2.05, 4.69) is 11.1 Å². The molecule has 15 heavy (non-hydrogen) atoms. The number of aliphatic hydroxyl groups is 1. The number of hydrogen-bond donors (Lipinski definition) is 1. The molecule has 2 nitrogen and oxygen atoms in total. The second-order valence-corrected chi connectivity index (χ2v) is 4.98. The molecular weight excluding hydrogens is 206 g/mol. The van der Waals surface area contributed by atoms with Crippen LogP contribution >= 0.6 is 11.8 Å². The quantitative estimate of drug-likeness (QED) is 0.853. The van der Waals surface area contributed by atoms with Crippen molar-refractivity contribution in [2.24, 2.45) is 0 Å². The van der Waals surface area contributed by atoms with Crippen LogP contribution in [0.1, 0.15) is 30.0 Å². The van der Waals surface area contributed by atoms with Crippen molar-refractivity contribution < 1.29 is 5.11 Å². The summed E-state index contributed by atoms with van der Waals surface area (Å²) in [5.41, 5.74) is 2.46. The Balaban J connectivity index is 2.21. The molecule has 0 aromatic carbocycles. The summed E-state index contributed by atoms with van der Waals surface area (Å²) in [6.07, 6.45) is 6.99. The van der Waals surface area contributed by atoms with Crippen LogP contribution in [0.15, 0.2) is 18.3 Å². The Hall–Kier alpha value is -0.540. The molecule has 2 atom stereocenters. The molecule has 0 amide bonds. The van der Waals surface area contributed by atoms with Crippen molar-refractivity contribution in [1.82, 2.24) is 4.98 Å². The monoisotopic (exact) mass is 223 g/mol. The zero-order valence-electron chi connectivity index (χ0n) is 9.02. The molecule has 1 aromatic heterocycles. The van der Waals surface area contributed by atoms with E-state index in [-0.39, 0.29) is 12.0 Å². The first-order valence-corrected chi connectivity index (χ1v) is 6.83. The molecular formula is C12H17NOS. The molecule has 3 heteroatoms. The SMILES string of the molecule is CSCC(O)C1CCCc2cccnc21. The van der Waals surface area contributed by atoms with Gasteiger partial charge in [-0.2, -0.15) is 11.8 Å². The van der Waals surface area contributed by atoms with Crippen molar-refractivity contribution in [1.29, 1.82) is 0 Å². The predicted molar refractivity (Wildman–Crippen MR) is 64.3 cm³/mol. The van der Waals surface area contributed by atoms with Gasteiger partial charge in [-0.15, -0.1) is 0 Å². The number of rotatable bonds is 3. The summed E-state index contributed by atoms with van der Waals surface area (Å²) in [7, 11) is 0. The van der Waals surface area contributed by atoms with E-state index in [9.17, 15) is 5.11 Å². The molecule has 0 aliphatic heterocycles. The van der Waals surface area contributed by atoms with Crippen molar-refractivity contribution in [2.45, 2.75) is 31.3 Å². The average Bonchev–Trinajstić information content (AvgIpc) is 2.28. The number of aliphatic hydroxyl groups excluding tert-OH is 1. The van der Waals surface area contributed by atoms with Gasteiger partial charge in [0.25, 0.3) is 0 Å². The maximum Gasteiger partial charge on any atom is 0.0714 e. The number of hydrogen-bond acceptors (Lipinski definition) is 3. The standard InChI is InChI=1S/C12H17NOS/c1-15-8-11(14)10-6-2-4-9-5-3-7-13-12(9)10/h3,5,7,10-11,14H,2,4,6,8H2,1H3. The van der Waals surface area contributed by atoms with Crippen molar-refractivity contribution in [3.05, 3.63) is 29.6 Å². The molecule has 1 aliphatic carbocycles. The van der Waals surface area contributed by atoms with E-state index in [0.717, 1.165) is 24.3 Å². The third-order valence-corrected chi connectivity index (χ3v) is 3.72. The van der Waals surface area contributed by atoms with E-state index in [1.807, 2.05) is 18.5 Å². The fourth-order valence-corrected chi connectivity index (χ4v) is 2.88. The van der Waals surface area contributed by atoms with E-state index in [4.69, 9.17) is 0 Å². The second-order valence-electron chi connectivity index (χ2n) is 4.07. The first kappa shape index (κ1) is 11.0. The van der Waals surface area contributed by atoms with Gasteiger partial charge < -0.3 is 5.11 Å². The minimum Gasteiger partial charge on any atom is -0.392 e. The van der Waals surface area contributed by atoms with Crippen molar-refractivity contribution in [2.75, 3.05) is 12.0 Å². The number of pyridine rings is 1. The number of aromatic nitrogens is 1. The Kier molecular flexibility index (Phi) is 3.65. The van der Waals surface area contributed by atoms with Crippen LogP contribution in [-0.2, 0) is 6.42 Å². The summed E-state index contributed by atoms with van der Waals surface area (Å²) >= 11 is 1.70. The largest absolute Gasteiger partial charge is 0.392 e. The zero-order chi connectivity index (χ0) is 10.7.